The van der Waals surface area contributed by atoms with Gasteiger partial charge in [-0.25, -0.2) is 14.5 Å². The monoisotopic (exact) mass is 464 g/mol. The summed E-state index contributed by atoms with van der Waals surface area (Å²) in [7, 11) is 0. The number of piperazine rings is 1. The molecular formula is C22H21ClN8S. The van der Waals surface area contributed by atoms with E-state index in [4.69, 9.17) is 16.7 Å². The van der Waals surface area contributed by atoms with Crippen molar-refractivity contribution in [3.8, 4) is 11.3 Å². The van der Waals surface area contributed by atoms with Crippen LogP contribution in [0.3, 0.4) is 0 Å². The van der Waals surface area contributed by atoms with Crippen molar-refractivity contribution in [3.63, 3.8) is 0 Å². The molecule has 3 N–H and O–H groups in total. The zero-order valence-corrected chi connectivity index (χ0v) is 18.7. The second kappa shape index (κ2) is 8.09. The van der Waals surface area contributed by atoms with Crippen LogP contribution in [0.5, 0.6) is 0 Å². The second-order valence-corrected chi connectivity index (χ2v) is 8.90. The minimum absolute atomic E-state index is 0.520. The lowest BCUT2D eigenvalue weighted by Gasteiger charge is -2.28. The third kappa shape index (κ3) is 3.48. The number of imidazole rings is 2. The summed E-state index contributed by atoms with van der Waals surface area (Å²) >= 11 is 7.96. The van der Waals surface area contributed by atoms with Gasteiger partial charge in [0.15, 0.2) is 11.5 Å². The van der Waals surface area contributed by atoms with Gasteiger partial charge in [0.05, 0.1) is 34.7 Å². The fourth-order valence-corrected chi connectivity index (χ4v) is 4.92. The molecular weight excluding hydrogens is 444 g/mol. The molecule has 0 saturated carbocycles. The zero-order valence-electron chi connectivity index (χ0n) is 17.2. The van der Waals surface area contributed by atoms with Gasteiger partial charge in [0.1, 0.15) is 11.3 Å². The SMILES string of the molecule is Clc1cccc2[nH]c(CNc3cc(N4CCNCC4)nn4c(-c5ccsc5)cnc34)nc12. The molecule has 1 fully saturated rings. The highest BCUT2D eigenvalue weighted by Gasteiger charge is 2.18. The molecule has 6 rings (SSSR count). The Morgan fingerprint density at radius 1 is 1.19 bits per heavy atom. The summed E-state index contributed by atoms with van der Waals surface area (Å²) in [6.45, 7) is 4.25. The predicted octanol–water partition coefficient (Wildman–Crippen LogP) is 4.01. The average molecular weight is 465 g/mol. The standard InChI is InChI=1S/C22H21ClN8S/c23-15-2-1-3-16-21(15)28-19(27-16)12-25-17-10-20(30-7-5-24-6-8-30)29-31-18(11-26-22(17)31)14-4-9-32-13-14/h1-4,9-11,13,24-25H,5-8,12H2,(H,27,28). The topological polar surface area (TPSA) is 86.2 Å². The number of rotatable bonds is 5. The maximum Gasteiger partial charge on any atom is 0.177 e. The van der Waals surface area contributed by atoms with E-state index in [2.05, 4.69) is 53.4 Å². The van der Waals surface area contributed by atoms with Gasteiger partial charge in [-0.05, 0) is 23.6 Å². The molecule has 5 aromatic rings. The first kappa shape index (κ1) is 19.5. The molecule has 1 aromatic carbocycles. The number of para-hydroxylation sites is 1. The Bertz CT molecular complexity index is 1380. The summed E-state index contributed by atoms with van der Waals surface area (Å²) in [5, 5.41) is 16.7. The van der Waals surface area contributed by atoms with Crippen molar-refractivity contribution in [2.45, 2.75) is 6.54 Å². The van der Waals surface area contributed by atoms with E-state index in [0.29, 0.717) is 11.6 Å². The highest BCUT2D eigenvalue weighted by molar-refractivity contribution is 7.08. The van der Waals surface area contributed by atoms with E-state index in [9.17, 15) is 0 Å². The van der Waals surface area contributed by atoms with Crippen LogP contribution in [0.2, 0.25) is 5.02 Å². The van der Waals surface area contributed by atoms with E-state index in [0.717, 1.165) is 71.4 Å². The number of nitrogens with one attached hydrogen (secondary N) is 3. The molecule has 0 bridgehead atoms. The molecule has 0 unspecified atom stereocenters. The van der Waals surface area contributed by atoms with Crippen LogP contribution in [0.25, 0.3) is 27.9 Å². The van der Waals surface area contributed by atoms with E-state index >= 15 is 0 Å². The highest BCUT2D eigenvalue weighted by atomic mass is 35.5. The van der Waals surface area contributed by atoms with Crippen LogP contribution in [0.15, 0.2) is 47.3 Å². The largest absolute Gasteiger partial charge is 0.375 e. The quantitative estimate of drug-likeness (QED) is 0.364. The van der Waals surface area contributed by atoms with Gasteiger partial charge in [0.2, 0.25) is 0 Å². The van der Waals surface area contributed by atoms with Crippen molar-refractivity contribution in [1.29, 1.82) is 0 Å². The van der Waals surface area contributed by atoms with Crippen molar-refractivity contribution in [2.24, 2.45) is 0 Å². The molecule has 5 heterocycles. The van der Waals surface area contributed by atoms with Crippen LogP contribution >= 0.6 is 22.9 Å². The number of anilines is 2. The summed E-state index contributed by atoms with van der Waals surface area (Å²) in [4.78, 5) is 15.0. The Labute approximate surface area is 193 Å². The molecule has 1 aliphatic heterocycles. The average Bonchev–Trinajstić information content (AvgIpc) is 3.57. The Hall–Kier alpha value is -3.14. The summed E-state index contributed by atoms with van der Waals surface area (Å²) in [5.74, 6) is 1.75. The molecule has 162 valence electrons. The zero-order chi connectivity index (χ0) is 21.5. The van der Waals surface area contributed by atoms with Gasteiger partial charge in [-0.1, -0.05) is 17.7 Å². The molecule has 0 radical (unpaired) electrons. The van der Waals surface area contributed by atoms with Crippen molar-refractivity contribution < 1.29 is 0 Å². The van der Waals surface area contributed by atoms with Crippen LogP contribution in [-0.2, 0) is 6.54 Å². The number of aromatic amines is 1. The lowest BCUT2D eigenvalue weighted by atomic mass is 10.3. The van der Waals surface area contributed by atoms with Crippen LogP contribution in [0, 0.1) is 0 Å². The third-order valence-corrected chi connectivity index (χ3v) is 6.66. The number of halogens is 1. The number of nitrogens with zero attached hydrogens (tertiary/aromatic N) is 5. The maximum absolute atomic E-state index is 6.29. The third-order valence-electron chi connectivity index (χ3n) is 5.67. The molecule has 1 aliphatic rings. The lowest BCUT2D eigenvalue weighted by molar-refractivity contribution is 0.582. The molecule has 0 atom stereocenters. The first-order valence-corrected chi connectivity index (χ1v) is 11.8. The number of benzene rings is 1. The van der Waals surface area contributed by atoms with Crippen LogP contribution < -0.4 is 15.5 Å². The van der Waals surface area contributed by atoms with Crippen molar-refractivity contribution in [1.82, 2.24) is 29.9 Å². The molecule has 1 saturated heterocycles. The molecule has 10 heteroatoms. The number of hydrogen-bond acceptors (Lipinski definition) is 7. The summed E-state index contributed by atoms with van der Waals surface area (Å²) in [6.07, 6.45) is 1.89. The first-order valence-electron chi connectivity index (χ1n) is 10.5. The van der Waals surface area contributed by atoms with E-state index in [1.54, 1.807) is 11.3 Å². The normalized spacial score (nSPS) is 14.5. The van der Waals surface area contributed by atoms with Crippen LogP contribution in [0.1, 0.15) is 5.82 Å². The van der Waals surface area contributed by atoms with E-state index in [1.165, 1.54) is 0 Å². The number of fused-ring (bicyclic) bond motifs is 2. The number of H-pyrrole nitrogens is 1. The molecule has 32 heavy (non-hydrogen) atoms. The van der Waals surface area contributed by atoms with Crippen molar-refractivity contribution in [2.75, 3.05) is 36.4 Å². The fraction of sp³-hybridized carbons (Fsp3) is 0.227. The summed E-state index contributed by atoms with van der Waals surface area (Å²) in [5.41, 5.74) is 5.52. The maximum atomic E-state index is 6.29. The second-order valence-electron chi connectivity index (χ2n) is 7.72. The van der Waals surface area contributed by atoms with Gasteiger partial charge in [-0.2, -0.15) is 11.3 Å². The van der Waals surface area contributed by atoms with E-state index in [1.807, 2.05) is 28.9 Å². The number of aromatic nitrogens is 5. The lowest BCUT2D eigenvalue weighted by Crippen LogP contribution is -2.44. The van der Waals surface area contributed by atoms with E-state index in [-0.39, 0.29) is 0 Å². The first-order chi connectivity index (χ1) is 15.8. The van der Waals surface area contributed by atoms with Crippen LogP contribution in [-0.4, -0.2) is 50.7 Å². The van der Waals surface area contributed by atoms with Crippen molar-refractivity contribution >= 4 is 51.1 Å². The Balaban J connectivity index is 1.39. The number of hydrogen-bond donors (Lipinski definition) is 3. The summed E-state index contributed by atoms with van der Waals surface area (Å²) in [6, 6.07) is 9.93. The van der Waals surface area contributed by atoms with Gasteiger partial charge in [-0.3, -0.25) is 0 Å². The van der Waals surface area contributed by atoms with Gasteiger partial charge >= 0.3 is 0 Å². The molecule has 0 spiro atoms. The molecule has 0 amide bonds. The Kier molecular flexibility index (Phi) is 4.94. The molecule has 4 aromatic heterocycles. The van der Waals surface area contributed by atoms with Crippen LogP contribution in [0.4, 0.5) is 11.5 Å². The minimum Gasteiger partial charge on any atom is -0.375 e. The minimum atomic E-state index is 0.520. The predicted molar refractivity (Wildman–Crippen MR) is 130 cm³/mol. The van der Waals surface area contributed by atoms with Gasteiger partial charge in [0.25, 0.3) is 0 Å². The Morgan fingerprint density at radius 2 is 2.09 bits per heavy atom. The smallest absolute Gasteiger partial charge is 0.177 e. The molecule has 0 aliphatic carbocycles. The van der Waals surface area contributed by atoms with Crippen molar-refractivity contribution in [3.05, 3.63) is 58.1 Å². The molecule has 8 nitrogen and oxygen atoms in total. The van der Waals surface area contributed by atoms with Gasteiger partial charge in [-0.15, -0.1) is 5.10 Å². The van der Waals surface area contributed by atoms with Gasteiger partial charge < -0.3 is 20.5 Å². The number of thiophene rings is 1. The van der Waals surface area contributed by atoms with Gasteiger partial charge in [0, 0.05) is 43.2 Å². The fourth-order valence-electron chi connectivity index (χ4n) is 4.05. The Morgan fingerprint density at radius 3 is 2.91 bits per heavy atom. The highest BCUT2D eigenvalue weighted by Crippen LogP contribution is 2.29. The summed E-state index contributed by atoms with van der Waals surface area (Å²) < 4.78 is 1.94. The van der Waals surface area contributed by atoms with E-state index < -0.39 is 0 Å².